The molecule has 1 aromatic carbocycles. The smallest absolute Gasteiger partial charge is 0.257 e. The number of hydrogen-bond donors (Lipinski definition) is 2. The van der Waals surface area contributed by atoms with E-state index in [0.717, 1.165) is 0 Å². The average molecular weight is 272 g/mol. The van der Waals surface area contributed by atoms with E-state index in [2.05, 4.69) is 0 Å². The summed E-state index contributed by atoms with van der Waals surface area (Å²) in [7, 11) is 0. The molecule has 2 rings (SSSR count). The molecular weight excluding hydrogens is 258 g/mol. The summed E-state index contributed by atoms with van der Waals surface area (Å²) in [6, 6.07) is 3.87. The Morgan fingerprint density at radius 2 is 2.28 bits per heavy atom. The average Bonchev–Trinajstić information content (AvgIpc) is 2.41. The summed E-state index contributed by atoms with van der Waals surface area (Å²) in [6.45, 7) is 1.25. The number of rotatable bonds is 2. The number of halogens is 1. The predicted octanol–water partition coefficient (Wildman–Crippen LogP) is 1.18. The summed E-state index contributed by atoms with van der Waals surface area (Å²) in [4.78, 5) is 13.8. The molecule has 18 heavy (non-hydrogen) atoms. The van der Waals surface area contributed by atoms with Crippen molar-refractivity contribution in [2.24, 2.45) is 0 Å². The van der Waals surface area contributed by atoms with Crippen LogP contribution in [0.5, 0.6) is 11.5 Å². The fraction of sp³-hybridized carbons (Fsp3) is 0.417. The molecule has 1 unspecified atom stereocenters. The number of alkyl halides is 1. The van der Waals surface area contributed by atoms with E-state index in [9.17, 15) is 15.0 Å². The maximum atomic E-state index is 12.2. The molecule has 2 N–H and O–H groups in total. The number of hydrogen-bond acceptors (Lipinski definition) is 4. The fourth-order valence-corrected chi connectivity index (χ4v) is 2.05. The van der Waals surface area contributed by atoms with Crippen LogP contribution in [0, 0.1) is 0 Å². The molecule has 1 heterocycles. The highest BCUT2D eigenvalue weighted by Gasteiger charge is 2.26. The van der Waals surface area contributed by atoms with Gasteiger partial charge in [0.2, 0.25) is 0 Å². The summed E-state index contributed by atoms with van der Waals surface area (Å²) in [5.74, 6) is -0.220. The van der Waals surface area contributed by atoms with Crippen LogP contribution in [-0.4, -0.2) is 52.7 Å². The van der Waals surface area contributed by atoms with E-state index in [4.69, 9.17) is 16.3 Å². The van der Waals surface area contributed by atoms with Gasteiger partial charge in [-0.2, -0.15) is 0 Å². The third kappa shape index (κ3) is 2.68. The van der Waals surface area contributed by atoms with Gasteiger partial charge in [-0.3, -0.25) is 4.79 Å². The van der Waals surface area contributed by atoms with Gasteiger partial charge in [-0.25, -0.2) is 0 Å². The van der Waals surface area contributed by atoms with Gasteiger partial charge in [0.25, 0.3) is 5.91 Å². The minimum atomic E-state index is -0.332. The van der Waals surface area contributed by atoms with Crippen LogP contribution in [0.25, 0.3) is 0 Å². The molecule has 0 saturated carbocycles. The largest absolute Gasteiger partial charge is 0.508 e. The number of phenolic OH excluding ortho intramolecular Hbond substituents is 2. The van der Waals surface area contributed by atoms with Gasteiger partial charge in [-0.15, -0.1) is 11.6 Å². The van der Waals surface area contributed by atoms with Gasteiger partial charge in [-0.1, -0.05) is 0 Å². The Morgan fingerprint density at radius 1 is 1.50 bits per heavy atom. The molecule has 0 bridgehead atoms. The number of aromatic hydroxyl groups is 2. The number of ether oxygens (including phenoxy) is 1. The second-order valence-electron chi connectivity index (χ2n) is 4.10. The maximum Gasteiger partial charge on any atom is 0.257 e. The monoisotopic (exact) mass is 271 g/mol. The summed E-state index contributed by atoms with van der Waals surface area (Å²) >= 11 is 5.70. The quantitative estimate of drug-likeness (QED) is 0.626. The molecule has 1 aromatic rings. The zero-order valence-electron chi connectivity index (χ0n) is 9.67. The Bertz CT molecular complexity index is 452. The van der Waals surface area contributed by atoms with E-state index in [1.54, 1.807) is 4.90 Å². The standard InChI is InChI=1S/C12H14ClNO4/c13-6-9-7-14(3-4-18-9)12(17)10-5-8(15)1-2-11(10)16/h1-2,5,9,15-16H,3-4,6-7H2. The first-order valence-corrected chi connectivity index (χ1v) is 6.14. The van der Waals surface area contributed by atoms with Crippen molar-refractivity contribution in [2.75, 3.05) is 25.6 Å². The first-order valence-electron chi connectivity index (χ1n) is 5.60. The van der Waals surface area contributed by atoms with Crippen LogP contribution >= 0.6 is 11.6 Å². The third-order valence-corrected chi connectivity index (χ3v) is 3.15. The molecule has 1 saturated heterocycles. The molecule has 6 heteroatoms. The van der Waals surface area contributed by atoms with Crippen molar-refractivity contribution in [2.45, 2.75) is 6.10 Å². The zero-order valence-corrected chi connectivity index (χ0v) is 10.4. The molecule has 1 atom stereocenters. The van der Waals surface area contributed by atoms with Crippen LogP contribution in [0.4, 0.5) is 0 Å². The first kappa shape index (κ1) is 13.0. The Morgan fingerprint density at radius 3 is 3.00 bits per heavy atom. The Kier molecular flexibility index (Phi) is 3.93. The second kappa shape index (κ2) is 5.46. The van der Waals surface area contributed by atoms with Crippen LogP contribution in [0.2, 0.25) is 0 Å². The van der Waals surface area contributed by atoms with E-state index in [-0.39, 0.29) is 29.1 Å². The molecule has 0 spiro atoms. The molecular formula is C12H14ClNO4. The highest BCUT2D eigenvalue weighted by atomic mass is 35.5. The van der Waals surface area contributed by atoms with Gasteiger partial charge >= 0.3 is 0 Å². The number of amides is 1. The normalized spacial score (nSPS) is 19.8. The third-order valence-electron chi connectivity index (χ3n) is 2.81. The summed E-state index contributed by atoms with van der Waals surface area (Å²) in [5.41, 5.74) is 0.0882. The van der Waals surface area contributed by atoms with E-state index < -0.39 is 0 Å². The predicted molar refractivity (Wildman–Crippen MR) is 66.1 cm³/mol. The minimum Gasteiger partial charge on any atom is -0.508 e. The van der Waals surface area contributed by atoms with Crippen molar-refractivity contribution in [3.05, 3.63) is 23.8 Å². The molecule has 1 aliphatic heterocycles. The van der Waals surface area contributed by atoms with Crippen LogP contribution in [-0.2, 0) is 4.74 Å². The SMILES string of the molecule is O=C(c1cc(O)ccc1O)N1CCOC(CCl)C1. The van der Waals surface area contributed by atoms with Crippen molar-refractivity contribution in [3.63, 3.8) is 0 Å². The number of carbonyl (C=O) groups is 1. The van der Waals surface area contributed by atoms with Crippen LogP contribution < -0.4 is 0 Å². The highest BCUT2D eigenvalue weighted by Crippen LogP contribution is 2.24. The molecule has 0 radical (unpaired) electrons. The molecule has 5 nitrogen and oxygen atoms in total. The maximum absolute atomic E-state index is 12.2. The molecule has 1 fully saturated rings. The van der Waals surface area contributed by atoms with Crippen molar-refractivity contribution in [1.82, 2.24) is 4.90 Å². The Balaban J connectivity index is 2.17. The lowest BCUT2D eigenvalue weighted by molar-refractivity contribution is -0.0109. The lowest BCUT2D eigenvalue weighted by Gasteiger charge is -2.32. The lowest BCUT2D eigenvalue weighted by Crippen LogP contribution is -2.46. The van der Waals surface area contributed by atoms with Crippen LogP contribution in [0.15, 0.2) is 18.2 Å². The fourth-order valence-electron chi connectivity index (χ4n) is 1.86. The number of benzene rings is 1. The summed E-state index contributed by atoms with van der Waals surface area (Å²) in [6.07, 6.45) is -0.191. The molecule has 98 valence electrons. The van der Waals surface area contributed by atoms with Crippen LogP contribution in [0.3, 0.4) is 0 Å². The van der Waals surface area contributed by atoms with E-state index >= 15 is 0 Å². The number of morpholine rings is 1. The number of carbonyl (C=O) groups excluding carboxylic acids is 1. The number of nitrogens with zero attached hydrogens (tertiary/aromatic N) is 1. The molecule has 1 aliphatic rings. The van der Waals surface area contributed by atoms with Crippen molar-refractivity contribution in [1.29, 1.82) is 0 Å². The van der Waals surface area contributed by atoms with Crippen molar-refractivity contribution < 1.29 is 19.7 Å². The van der Waals surface area contributed by atoms with E-state index in [1.165, 1.54) is 18.2 Å². The molecule has 0 aliphatic carbocycles. The van der Waals surface area contributed by atoms with E-state index in [1.807, 2.05) is 0 Å². The zero-order chi connectivity index (χ0) is 13.1. The first-order chi connectivity index (χ1) is 8.61. The van der Waals surface area contributed by atoms with Gasteiger partial charge in [-0.05, 0) is 18.2 Å². The summed E-state index contributed by atoms with van der Waals surface area (Å²) < 4.78 is 5.36. The van der Waals surface area contributed by atoms with Crippen LogP contribution in [0.1, 0.15) is 10.4 Å². The topological polar surface area (TPSA) is 70.0 Å². The Hall–Kier alpha value is -1.46. The highest BCUT2D eigenvalue weighted by molar-refractivity contribution is 6.18. The Labute approximate surface area is 110 Å². The van der Waals surface area contributed by atoms with Gasteiger partial charge in [0.15, 0.2) is 0 Å². The lowest BCUT2D eigenvalue weighted by atomic mass is 10.1. The van der Waals surface area contributed by atoms with Gasteiger partial charge in [0.1, 0.15) is 11.5 Å². The van der Waals surface area contributed by atoms with Gasteiger partial charge < -0.3 is 19.8 Å². The van der Waals surface area contributed by atoms with Gasteiger partial charge in [0.05, 0.1) is 24.2 Å². The van der Waals surface area contributed by atoms with Crippen molar-refractivity contribution >= 4 is 17.5 Å². The molecule has 0 aromatic heterocycles. The molecule has 1 amide bonds. The second-order valence-corrected chi connectivity index (χ2v) is 4.41. The summed E-state index contributed by atoms with van der Waals surface area (Å²) in [5, 5.41) is 19.0. The van der Waals surface area contributed by atoms with Crippen molar-refractivity contribution in [3.8, 4) is 11.5 Å². The minimum absolute atomic E-state index is 0.0571. The van der Waals surface area contributed by atoms with E-state index in [0.29, 0.717) is 25.6 Å². The van der Waals surface area contributed by atoms with Gasteiger partial charge in [0, 0.05) is 13.1 Å². The number of phenols is 2.